The Morgan fingerprint density at radius 3 is 2.83 bits per heavy atom. The summed E-state index contributed by atoms with van der Waals surface area (Å²) in [5.41, 5.74) is 6.84. The quantitative estimate of drug-likeness (QED) is 0.866. The van der Waals surface area contributed by atoms with Crippen LogP contribution in [0.5, 0.6) is 5.75 Å². The van der Waals surface area contributed by atoms with Gasteiger partial charge in [0.05, 0.1) is 0 Å². The molecule has 18 heavy (non-hydrogen) atoms. The number of hydrogen-bond donors (Lipinski definition) is 1. The average Bonchev–Trinajstić information content (AvgIpc) is 2.73. The van der Waals surface area contributed by atoms with Gasteiger partial charge in [0.1, 0.15) is 12.4 Å². The van der Waals surface area contributed by atoms with Crippen molar-refractivity contribution >= 4 is 38.9 Å². The summed E-state index contributed by atoms with van der Waals surface area (Å²) in [5.74, 6) is 0.791. The highest BCUT2D eigenvalue weighted by molar-refractivity contribution is 9.10. The fraction of sp³-hybridized carbons (Fsp3) is 0.231. The molecule has 0 amide bonds. The predicted molar refractivity (Wildman–Crippen MR) is 80.4 cm³/mol. The van der Waals surface area contributed by atoms with Crippen molar-refractivity contribution in [2.45, 2.75) is 19.6 Å². The summed E-state index contributed by atoms with van der Waals surface area (Å²) in [4.78, 5) is 1.16. The third-order valence-corrected chi connectivity index (χ3v) is 4.36. The normalized spacial score (nSPS) is 12.4. The molecule has 0 bridgehead atoms. The first-order chi connectivity index (χ1) is 8.56. The highest BCUT2D eigenvalue weighted by Gasteiger charge is 2.09. The molecule has 0 saturated heterocycles. The molecule has 0 spiro atoms. The van der Waals surface area contributed by atoms with Crippen molar-refractivity contribution in [2.75, 3.05) is 0 Å². The number of rotatable bonds is 4. The zero-order chi connectivity index (χ0) is 13.1. The summed E-state index contributed by atoms with van der Waals surface area (Å²) in [7, 11) is 0. The van der Waals surface area contributed by atoms with Crippen LogP contribution < -0.4 is 10.5 Å². The van der Waals surface area contributed by atoms with Gasteiger partial charge in [-0.1, -0.05) is 11.6 Å². The fourth-order valence-corrected chi connectivity index (χ4v) is 3.13. The van der Waals surface area contributed by atoms with Crippen LogP contribution in [0.2, 0.25) is 5.02 Å². The summed E-state index contributed by atoms with van der Waals surface area (Å²) in [6.45, 7) is 2.46. The highest BCUT2D eigenvalue weighted by atomic mass is 79.9. The highest BCUT2D eigenvalue weighted by Crippen LogP contribution is 2.29. The van der Waals surface area contributed by atoms with E-state index in [9.17, 15) is 0 Å². The second kappa shape index (κ2) is 6.06. The topological polar surface area (TPSA) is 35.2 Å². The lowest BCUT2D eigenvalue weighted by Gasteiger charge is -2.13. The smallest absolute Gasteiger partial charge is 0.124 e. The number of nitrogens with two attached hydrogens (primary N) is 1. The maximum absolute atomic E-state index is 5.97. The molecule has 2 N–H and O–H groups in total. The van der Waals surface area contributed by atoms with Crippen LogP contribution in [-0.2, 0) is 6.61 Å². The summed E-state index contributed by atoms with van der Waals surface area (Å²) >= 11 is 11.0. The van der Waals surface area contributed by atoms with E-state index in [2.05, 4.69) is 15.9 Å². The number of ether oxygens (including phenoxy) is 1. The van der Waals surface area contributed by atoms with Crippen LogP contribution >= 0.6 is 38.9 Å². The molecule has 0 fully saturated rings. The number of thiophene rings is 1. The van der Waals surface area contributed by atoms with Crippen molar-refractivity contribution < 1.29 is 4.74 Å². The Kier molecular flexibility index (Phi) is 4.67. The molecule has 0 aliphatic heterocycles. The van der Waals surface area contributed by atoms with E-state index in [1.165, 1.54) is 0 Å². The third-order valence-electron chi connectivity index (χ3n) is 2.45. The Morgan fingerprint density at radius 2 is 2.22 bits per heavy atom. The van der Waals surface area contributed by atoms with Gasteiger partial charge in [-0.2, -0.15) is 0 Å². The van der Waals surface area contributed by atoms with Crippen molar-refractivity contribution in [3.8, 4) is 5.75 Å². The van der Waals surface area contributed by atoms with Gasteiger partial charge in [-0.05, 0) is 47.1 Å². The monoisotopic (exact) mass is 345 g/mol. The van der Waals surface area contributed by atoms with Gasteiger partial charge in [-0.25, -0.2) is 0 Å². The molecule has 2 rings (SSSR count). The Morgan fingerprint density at radius 1 is 1.44 bits per heavy atom. The second-order valence-corrected chi connectivity index (χ2v) is 6.34. The fourth-order valence-electron chi connectivity index (χ4n) is 1.58. The van der Waals surface area contributed by atoms with Gasteiger partial charge in [0.2, 0.25) is 0 Å². The van der Waals surface area contributed by atoms with Gasteiger partial charge in [0.15, 0.2) is 0 Å². The second-order valence-electron chi connectivity index (χ2n) is 3.99. The van der Waals surface area contributed by atoms with Crippen molar-refractivity contribution in [1.29, 1.82) is 0 Å². The molecule has 96 valence electrons. The van der Waals surface area contributed by atoms with E-state index in [4.69, 9.17) is 22.1 Å². The van der Waals surface area contributed by atoms with Crippen molar-refractivity contribution in [2.24, 2.45) is 5.73 Å². The first kappa shape index (κ1) is 13.9. The Labute approximate surface area is 124 Å². The van der Waals surface area contributed by atoms with Crippen LogP contribution in [0.25, 0.3) is 0 Å². The number of hydrogen-bond acceptors (Lipinski definition) is 3. The van der Waals surface area contributed by atoms with E-state index >= 15 is 0 Å². The van der Waals surface area contributed by atoms with Crippen molar-refractivity contribution in [3.05, 3.63) is 49.6 Å². The first-order valence-corrected chi connectivity index (χ1v) is 7.52. The minimum atomic E-state index is -0.103. The zero-order valence-electron chi connectivity index (χ0n) is 9.82. The van der Waals surface area contributed by atoms with Gasteiger partial charge in [-0.15, -0.1) is 11.3 Å². The Bertz CT molecular complexity index is 542. The number of halogens is 2. The van der Waals surface area contributed by atoms with E-state index in [0.29, 0.717) is 11.6 Å². The van der Waals surface area contributed by atoms with Crippen LogP contribution in [0, 0.1) is 0 Å². The van der Waals surface area contributed by atoms with Crippen molar-refractivity contribution in [3.63, 3.8) is 0 Å². The Hall–Kier alpha value is -0.550. The lowest BCUT2D eigenvalue weighted by Crippen LogP contribution is -2.07. The minimum absolute atomic E-state index is 0.103. The van der Waals surface area contributed by atoms with Crippen LogP contribution in [-0.4, -0.2) is 0 Å². The molecule has 1 unspecified atom stereocenters. The molecule has 2 nitrogen and oxygen atoms in total. The summed E-state index contributed by atoms with van der Waals surface area (Å²) in [6.07, 6.45) is 0. The predicted octanol–water partition coefficient (Wildman–Crippen LogP) is 4.76. The average molecular weight is 347 g/mol. The number of benzene rings is 1. The third kappa shape index (κ3) is 3.48. The van der Waals surface area contributed by atoms with Crippen molar-refractivity contribution in [1.82, 2.24) is 0 Å². The SMILES string of the molecule is CC(N)c1cc(Cl)ccc1OCc1cc(Br)cs1. The molecule has 5 heteroatoms. The molecule has 1 heterocycles. The lowest BCUT2D eigenvalue weighted by atomic mass is 10.1. The zero-order valence-corrected chi connectivity index (χ0v) is 13.0. The van der Waals surface area contributed by atoms with Gasteiger partial charge in [0.25, 0.3) is 0 Å². The van der Waals surface area contributed by atoms with Crippen LogP contribution in [0.1, 0.15) is 23.4 Å². The molecule has 2 aromatic rings. The van der Waals surface area contributed by atoms with Crippen LogP contribution in [0.4, 0.5) is 0 Å². The molecule has 1 aromatic carbocycles. The summed E-state index contributed by atoms with van der Waals surface area (Å²) in [5, 5.41) is 2.71. The standard InChI is InChI=1S/C13H13BrClNOS/c1-8(16)12-5-10(15)2-3-13(12)17-6-11-4-9(14)7-18-11/h2-5,7-8H,6,16H2,1H3. The molecule has 1 aromatic heterocycles. The summed E-state index contributed by atoms with van der Waals surface area (Å²) in [6, 6.07) is 7.48. The molecule has 0 saturated carbocycles. The maximum Gasteiger partial charge on any atom is 0.124 e. The Balaban J connectivity index is 2.13. The summed E-state index contributed by atoms with van der Waals surface area (Å²) < 4.78 is 6.88. The molecule has 0 aliphatic carbocycles. The van der Waals surface area contributed by atoms with Crippen LogP contribution in [0.15, 0.2) is 34.1 Å². The van der Waals surface area contributed by atoms with Gasteiger partial charge < -0.3 is 10.5 Å². The van der Waals surface area contributed by atoms with E-state index < -0.39 is 0 Å². The van der Waals surface area contributed by atoms with Gasteiger partial charge in [0, 0.05) is 31.4 Å². The van der Waals surface area contributed by atoms with E-state index in [0.717, 1.165) is 20.7 Å². The maximum atomic E-state index is 5.97. The van der Waals surface area contributed by atoms with E-state index in [-0.39, 0.29) is 6.04 Å². The van der Waals surface area contributed by atoms with E-state index in [1.807, 2.05) is 36.6 Å². The molecular weight excluding hydrogens is 334 g/mol. The minimum Gasteiger partial charge on any atom is -0.488 e. The first-order valence-electron chi connectivity index (χ1n) is 5.47. The van der Waals surface area contributed by atoms with Gasteiger partial charge in [-0.3, -0.25) is 0 Å². The van der Waals surface area contributed by atoms with Crippen LogP contribution in [0.3, 0.4) is 0 Å². The molecule has 1 atom stereocenters. The van der Waals surface area contributed by atoms with E-state index in [1.54, 1.807) is 11.3 Å². The molecule has 0 aliphatic rings. The molecule has 0 radical (unpaired) electrons. The molecular formula is C13H13BrClNOS. The largest absolute Gasteiger partial charge is 0.488 e. The lowest BCUT2D eigenvalue weighted by molar-refractivity contribution is 0.305. The van der Waals surface area contributed by atoms with Gasteiger partial charge >= 0.3 is 0 Å².